The number of carbonyl (C=O) groups is 3. The zero-order valence-corrected chi connectivity index (χ0v) is 19.7. The van der Waals surface area contributed by atoms with Crippen LogP contribution in [0.4, 0.5) is 4.79 Å². The average molecular weight is 477 g/mol. The van der Waals surface area contributed by atoms with Crippen molar-refractivity contribution in [2.75, 3.05) is 6.61 Å². The van der Waals surface area contributed by atoms with Gasteiger partial charge in [0.2, 0.25) is 5.91 Å². The molecular weight excluding hydrogens is 444 g/mol. The number of nitrogens with one attached hydrogen (secondary N) is 2. The Morgan fingerprint density at radius 1 is 0.829 bits per heavy atom. The summed E-state index contributed by atoms with van der Waals surface area (Å²) in [4.78, 5) is 36.8. The van der Waals surface area contributed by atoms with E-state index >= 15 is 0 Å². The lowest BCUT2D eigenvalue weighted by Crippen LogP contribution is -2.47. The molecule has 0 saturated heterocycles. The second kappa shape index (κ2) is 10.1. The summed E-state index contributed by atoms with van der Waals surface area (Å²) in [5, 5.41) is 15.2. The number of fused-ring (bicyclic) bond motifs is 3. The molecule has 7 heteroatoms. The van der Waals surface area contributed by atoms with Gasteiger partial charge in [-0.1, -0.05) is 55.0 Å². The molecule has 0 aromatic heterocycles. The fourth-order valence-corrected chi connectivity index (χ4v) is 6.03. The van der Waals surface area contributed by atoms with Crippen LogP contribution in [0, 0.1) is 11.8 Å². The van der Waals surface area contributed by atoms with Crippen molar-refractivity contribution >= 4 is 18.0 Å². The van der Waals surface area contributed by atoms with Crippen LogP contribution in [0.2, 0.25) is 0 Å². The minimum atomic E-state index is -0.752. The molecule has 2 fully saturated rings. The Morgan fingerprint density at radius 3 is 2.09 bits per heavy atom. The van der Waals surface area contributed by atoms with Crippen LogP contribution in [0.3, 0.4) is 0 Å². The van der Waals surface area contributed by atoms with Crippen molar-refractivity contribution < 1.29 is 24.2 Å². The van der Waals surface area contributed by atoms with Gasteiger partial charge in [-0.3, -0.25) is 9.59 Å². The van der Waals surface area contributed by atoms with E-state index in [1.807, 2.05) is 24.3 Å². The van der Waals surface area contributed by atoms with Crippen molar-refractivity contribution in [2.45, 2.75) is 62.9 Å². The van der Waals surface area contributed by atoms with Crippen molar-refractivity contribution in [2.24, 2.45) is 11.8 Å². The van der Waals surface area contributed by atoms with E-state index < -0.39 is 12.1 Å². The number of carbonyl (C=O) groups excluding carboxylic acids is 2. The van der Waals surface area contributed by atoms with Gasteiger partial charge in [-0.05, 0) is 60.8 Å². The van der Waals surface area contributed by atoms with Gasteiger partial charge in [0.1, 0.15) is 6.61 Å². The second-order valence-corrected chi connectivity index (χ2v) is 10.0. The number of aliphatic carboxylic acids is 1. The highest BCUT2D eigenvalue weighted by Crippen LogP contribution is 2.44. The van der Waals surface area contributed by atoms with Gasteiger partial charge >= 0.3 is 12.1 Å². The Kier molecular flexibility index (Phi) is 6.75. The standard InChI is InChI=1S/C28H32N2O5/c31-26(29-18-14-12-17(13-15-18)27(32)33)23-10-5-11-25(23)30-28(34)35-16-24-21-8-3-1-6-19(21)20-7-2-4-9-22(20)24/h1-4,6-9,17-18,23-25H,5,10-16H2,(H,29,31)(H,30,34)(H,32,33)/t17?,18?,23-,25+/m0/s1. The average Bonchev–Trinajstić information content (AvgIpc) is 3.45. The van der Waals surface area contributed by atoms with Crippen molar-refractivity contribution in [1.29, 1.82) is 0 Å². The first-order valence-corrected chi connectivity index (χ1v) is 12.7. The number of benzene rings is 2. The highest BCUT2D eigenvalue weighted by atomic mass is 16.5. The number of alkyl carbamates (subject to hydrolysis) is 1. The molecule has 5 rings (SSSR count). The lowest BCUT2D eigenvalue weighted by atomic mass is 9.86. The molecule has 2 aromatic carbocycles. The highest BCUT2D eigenvalue weighted by Gasteiger charge is 2.36. The number of amides is 2. The smallest absolute Gasteiger partial charge is 0.407 e. The van der Waals surface area contributed by atoms with Crippen LogP contribution in [-0.2, 0) is 14.3 Å². The van der Waals surface area contributed by atoms with E-state index in [2.05, 4.69) is 34.9 Å². The van der Waals surface area contributed by atoms with Gasteiger partial charge < -0.3 is 20.5 Å². The molecule has 184 valence electrons. The third kappa shape index (κ3) is 4.90. The van der Waals surface area contributed by atoms with Crippen molar-refractivity contribution in [3.63, 3.8) is 0 Å². The van der Waals surface area contributed by atoms with Crippen LogP contribution < -0.4 is 10.6 Å². The summed E-state index contributed by atoms with van der Waals surface area (Å²) in [6.45, 7) is 0.246. The maximum absolute atomic E-state index is 12.9. The molecule has 0 spiro atoms. The van der Waals surface area contributed by atoms with Gasteiger partial charge in [-0.15, -0.1) is 0 Å². The summed E-state index contributed by atoms with van der Waals surface area (Å²) >= 11 is 0. The Balaban J connectivity index is 1.15. The van der Waals surface area contributed by atoms with Crippen molar-refractivity contribution in [3.05, 3.63) is 59.7 Å². The Labute approximate surface area is 205 Å². The lowest BCUT2D eigenvalue weighted by molar-refractivity contribution is -0.142. The molecule has 0 heterocycles. The number of ether oxygens (including phenoxy) is 1. The molecule has 2 atom stereocenters. The maximum atomic E-state index is 12.9. The fraction of sp³-hybridized carbons (Fsp3) is 0.464. The van der Waals surface area contributed by atoms with Crippen molar-refractivity contribution in [3.8, 4) is 11.1 Å². The summed E-state index contributed by atoms with van der Waals surface area (Å²) in [5.41, 5.74) is 4.69. The van der Waals surface area contributed by atoms with Gasteiger partial charge in [0.25, 0.3) is 0 Å². The summed E-state index contributed by atoms with van der Waals surface area (Å²) in [7, 11) is 0. The zero-order chi connectivity index (χ0) is 24.4. The largest absolute Gasteiger partial charge is 0.481 e. The quantitative estimate of drug-likeness (QED) is 0.571. The highest BCUT2D eigenvalue weighted by molar-refractivity contribution is 5.81. The molecule has 0 aliphatic heterocycles. The zero-order valence-electron chi connectivity index (χ0n) is 19.7. The van der Waals surface area contributed by atoms with Crippen LogP contribution in [0.25, 0.3) is 11.1 Å². The summed E-state index contributed by atoms with van der Waals surface area (Å²) in [5.74, 6) is -1.40. The van der Waals surface area contributed by atoms with Crippen molar-refractivity contribution in [1.82, 2.24) is 10.6 Å². The SMILES string of the molecule is O=C(N[C@@H]1CCC[C@@H]1C(=O)NC1CCC(C(=O)O)CC1)OCC1c2ccccc2-c2ccccc21. The van der Waals surface area contributed by atoms with Crippen LogP contribution >= 0.6 is 0 Å². The molecule has 3 N–H and O–H groups in total. The second-order valence-electron chi connectivity index (χ2n) is 10.0. The third-order valence-corrected chi connectivity index (χ3v) is 7.92. The summed E-state index contributed by atoms with van der Waals surface area (Å²) in [6, 6.07) is 16.2. The number of carboxylic acid groups (broad SMARTS) is 1. The number of hydrogen-bond donors (Lipinski definition) is 3. The first kappa shape index (κ1) is 23.4. The van der Waals surface area contributed by atoms with Crippen LogP contribution in [-0.4, -0.2) is 41.8 Å². The van der Waals surface area contributed by atoms with E-state index in [1.54, 1.807) is 0 Å². The predicted octanol–water partition coefficient (Wildman–Crippen LogP) is 4.45. The molecule has 2 saturated carbocycles. The molecule has 7 nitrogen and oxygen atoms in total. The molecule has 2 aromatic rings. The first-order valence-electron chi connectivity index (χ1n) is 12.7. The minimum Gasteiger partial charge on any atom is -0.481 e. The van der Waals surface area contributed by atoms with Crippen LogP contribution in [0.15, 0.2) is 48.5 Å². The van der Waals surface area contributed by atoms with E-state index in [0.29, 0.717) is 25.7 Å². The molecule has 3 aliphatic rings. The van der Waals surface area contributed by atoms with E-state index in [-0.39, 0.29) is 42.4 Å². The number of rotatable bonds is 6. The maximum Gasteiger partial charge on any atom is 0.407 e. The predicted molar refractivity (Wildman–Crippen MR) is 131 cm³/mol. The topological polar surface area (TPSA) is 105 Å². The van der Waals surface area contributed by atoms with E-state index in [0.717, 1.165) is 30.4 Å². The third-order valence-electron chi connectivity index (χ3n) is 7.92. The van der Waals surface area contributed by atoms with Crippen LogP contribution in [0.1, 0.15) is 62.0 Å². The van der Waals surface area contributed by atoms with Gasteiger partial charge in [0.15, 0.2) is 0 Å². The molecule has 3 aliphatic carbocycles. The van der Waals surface area contributed by atoms with E-state index in [1.165, 1.54) is 11.1 Å². The van der Waals surface area contributed by atoms with E-state index in [4.69, 9.17) is 9.84 Å². The molecule has 2 amide bonds. The summed E-state index contributed by atoms with van der Waals surface area (Å²) in [6.07, 6.45) is 4.40. The normalized spacial score (nSPS) is 25.4. The molecule has 0 bridgehead atoms. The minimum absolute atomic E-state index is 0.00301. The molecule has 0 radical (unpaired) electrons. The molecular formula is C28H32N2O5. The Hall–Kier alpha value is -3.35. The molecule has 35 heavy (non-hydrogen) atoms. The summed E-state index contributed by atoms with van der Waals surface area (Å²) < 4.78 is 5.68. The monoisotopic (exact) mass is 476 g/mol. The van der Waals surface area contributed by atoms with Crippen LogP contribution in [0.5, 0.6) is 0 Å². The van der Waals surface area contributed by atoms with Gasteiger partial charge in [-0.25, -0.2) is 4.79 Å². The van der Waals surface area contributed by atoms with Gasteiger partial charge in [0, 0.05) is 18.0 Å². The number of hydrogen-bond acceptors (Lipinski definition) is 4. The van der Waals surface area contributed by atoms with Gasteiger partial charge in [0.05, 0.1) is 11.8 Å². The Morgan fingerprint density at radius 2 is 1.46 bits per heavy atom. The fourth-order valence-electron chi connectivity index (χ4n) is 6.03. The molecule has 0 unspecified atom stereocenters. The Bertz CT molecular complexity index is 1060. The first-order chi connectivity index (χ1) is 17.0. The van der Waals surface area contributed by atoms with E-state index in [9.17, 15) is 14.4 Å². The van der Waals surface area contributed by atoms with Gasteiger partial charge in [-0.2, -0.15) is 0 Å². The number of carboxylic acids is 1. The lowest BCUT2D eigenvalue weighted by Gasteiger charge is -2.29.